The van der Waals surface area contributed by atoms with Crippen LogP contribution in [0.25, 0.3) is 0 Å². The van der Waals surface area contributed by atoms with Gasteiger partial charge in [-0.15, -0.1) is 0 Å². The van der Waals surface area contributed by atoms with E-state index in [4.69, 9.17) is 4.74 Å². The van der Waals surface area contributed by atoms with Crippen molar-refractivity contribution in [1.29, 1.82) is 0 Å². The summed E-state index contributed by atoms with van der Waals surface area (Å²) in [6, 6.07) is 18.5. The molecule has 3 heteroatoms. The van der Waals surface area contributed by atoms with E-state index in [0.29, 0.717) is 6.54 Å². The third-order valence-corrected chi connectivity index (χ3v) is 3.88. The maximum atomic E-state index is 10.2. The van der Waals surface area contributed by atoms with Crippen LogP contribution in [0, 0.1) is 0 Å². The van der Waals surface area contributed by atoms with Crippen molar-refractivity contribution < 1.29 is 9.84 Å². The highest BCUT2D eigenvalue weighted by atomic mass is 16.5. The second-order valence-electron chi connectivity index (χ2n) is 5.95. The lowest BCUT2D eigenvalue weighted by atomic mass is 10.1. The van der Waals surface area contributed by atoms with E-state index in [1.54, 1.807) is 7.11 Å². The predicted octanol–water partition coefficient (Wildman–Crippen LogP) is 3.86. The standard InChI is InChI=1S/C20H27NO2/c1-3-8-19(22)16-21(14-17-9-5-4-6-10-17)15-18-11-7-12-20(13-18)23-2/h4-7,9-13,19,22H,3,8,14-16H2,1-2H3/t19-/m0/s1. The molecule has 0 unspecified atom stereocenters. The molecular formula is C20H27NO2. The molecule has 1 N–H and O–H groups in total. The highest BCUT2D eigenvalue weighted by molar-refractivity contribution is 5.28. The van der Waals surface area contributed by atoms with Crippen molar-refractivity contribution in [2.75, 3.05) is 13.7 Å². The summed E-state index contributed by atoms with van der Waals surface area (Å²) in [5.74, 6) is 0.872. The Kier molecular flexibility index (Phi) is 7.11. The first-order valence-electron chi connectivity index (χ1n) is 8.28. The van der Waals surface area contributed by atoms with Crippen molar-refractivity contribution >= 4 is 0 Å². The van der Waals surface area contributed by atoms with Crippen molar-refractivity contribution in [3.05, 3.63) is 65.7 Å². The molecule has 0 heterocycles. The van der Waals surface area contributed by atoms with Crippen LogP contribution in [0.15, 0.2) is 54.6 Å². The number of aliphatic hydroxyl groups excluding tert-OH is 1. The number of ether oxygens (including phenoxy) is 1. The third kappa shape index (κ3) is 6.05. The molecule has 0 radical (unpaired) electrons. The van der Waals surface area contributed by atoms with Gasteiger partial charge in [0.1, 0.15) is 5.75 Å². The largest absolute Gasteiger partial charge is 0.497 e. The molecule has 0 fully saturated rings. The maximum Gasteiger partial charge on any atom is 0.119 e. The minimum absolute atomic E-state index is 0.283. The molecule has 2 aromatic carbocycles. The molecule has 23 heavy (non-hydrogen) atoms. The van der Waals surface area contributed by atoms with Gasteiger partial charge in [-0.3, -0.25) is 4.90 Å². The first-order valence-corrected chi connectivity index (χ1v) is 8.28. The molecule has 1 atom stereocenters. The minimum Gasteiger partial charge on any atom is -0.497 e. The van der Waals surface area contributed by atoms with Gasteiger partial charge in [-0.25, -0.2) is 0 Å². The van der Waals surface area contributed by atoms with Crippen LogP contribution >= 0.6 is 0 Å². The summed E-state index contributed by atoms with van der Waals surface area (Å²) < 4.78 is 5.31. The molecule has 124 valence electrons. The van der Waals surface area contributed by atoms with E-state index >= 15 is 0 Å². The van der Waals surface area contributed by atoms with Crippen LogP contribution in [0.2, 0.25) is 0 Å². The van der Waals surface area contributed by atoms with E-state index in [-0.39, 0.29) is 6.10 Å². The van der Waals surface area contributed by atoms with E-state index in [2.05, 4.69) is 48.2 Å². The second-order valence-corrected chi connectivity index (χ2v) is 5.95. The van der Waals surface area contributed by atoms with Gasteiger partial charge in [0.2, 0.25) is 0 Å². The van der Waals surface area contributed by atoms with E-state index in [9.17, 15) is 5.11 Å². The Hall–Kier alpha value is -1.84. The highest BCUT2D eigenvalue weighted by Crippen LogP contribution is 2.16. The van der Waals surface area contributed by atoms with Gasteiger partial charge in [0.05, 0.1) is 13.2 Å². The number of rotatable bonds is 9. The second kappa shape index (κ2) is 9.33. The molecule has 2 rings (SSSR count). The van der Waals surface area contributed by atoms with Crippen LogP contribution in [-0.4, -0.2) is 29.8 Å². The zero-order chi connectivity index (χ0) is 16.5. The van der Waals surface area contributed by atoms with Gasteiger partial charge >= 0.3 is 0 Å². The van der Waals surface area contributed by atoms with Crippen molar-refractivity contribution in [2.24, 2.45) is 0 Å². The summed E-state index contributed by atoms with van der Waals surface area (Å²) in [6.45, 7) is 4.42. The first kappa shape index (κ1) is 17.5. The number of hydrogen-bond acceptors (Lipinski definition) is 3. The van der Waals surface area contributed by atoms with Gasteiger partial charge in [0, 0.05) is 19.6 Å². The Labute approximate surface area is 139 Å². The molecule has 0 aliphatic rings. The van der Waals surface area contributed by atoms with Gasteiger partial charge in [-0.2, -0.15) is 0 Å². The molecule has 0 spiro atoms. The Morgan fingerprint density at radius 3 is 2.39 bits per heavy atom. The quantitative estimate of drug-likeness (QED) is 0.763. The fourth-order valence-electron chi connectivity index (χ4n) is 2.78. The van der Waals surface area contributed by atoms with Crippen molar-refractivity contribution in [3.8, 4) is 5.75 Å². The Bertz CT molecular complexity index is 571. The molecule has 2 aromatic rings. The van der Waals surface area contributed by atoms with Crippen molar-refractivity contribution in [2.45, 2.75) is 39.0 Å². The van der Waals surface area contributed by atoms with Crippen LogP contribution in [0.5, 0.6) is 5.75 Å². The van der Waals surface area contributed by atoms with E-state index in [1.807, 2.05) is 18.2 Å². The number of methoxy groups -OCH3 is 1. The van der Waals surface area contributed by atoms with Crippen LogP contribution in [0.4, 0.5) is 0 Å². The number of benzene rings is 2. The fraction of sp³-hybridized carbons (Fsp3) is 0.400. The molecule has 0 amide bonds. The monoisotopic (exact) mass is 313 g/mol. The lowest BCUT2D eigenvalue weighted by molar-refractivity contribution is 0.0970. The zero-order valence-electron chi connectivity index (χ0n) is 14.1. The van der Waals surface area contributed by atoms with Crippen LogP contribution in [0.1, 0.15) is 30.9 Å². The molecular weight excluding hydrogens is 286 g/mol. The smallest absolute Gasteiger partial charge is 0.119 e. The Morgan fingerprint density at radius 2 is 1.70 bits per heavy atom. The van der Waals surface area contributed by atoms with Gasteiger partial charge in [0.15, 0.2) is 0 Å². The van der Waals surface area contributed by atoms with E-state index < -0.39 is 0 Å². The molecule has 0 bridgehead atoms. The summed E-state index contributed by atoms with van der Waals surface area (Å²) in [4.78, 5) is 2.30. The molecule has 0 saturated heterocycles. The van der Waals surface area contributed by atoms with Crippen LogP contribution in [-0.2, 0) is 13.1 Å². The molecule has 0 saturated carbocycles. The average molecular weight is 313 g/mol. The molecule has 0 aliphatic heterocycles. The number of aliphatic hydroxyl groups is 1. The van der Waals surface area contributed by atoms with E-state index in [1.165, 1.54) is 11.1 Å². The Balaban J connectivity index is 2.08. The predicted molar refractivity (Wildman–Crippen MR) is 94.5 cm³/mol. The van der Waals surface area contributed by atoms with Gasteiger partial charge < -0.3 is 9.84 Å². The SMILES string of the molecule is CCC[C@H](O)CN(Cc1ccccc1)Cc1cccc(OC)c1. The van der Waals surface area contributed by atoms with Gasteiger partial charge in [-0.05, 0) is 29.7 Å². The topological polar surface area (TPSA) is 32.7 Å². The number of nitrogens with zero attached hydrogens (tertiary/aromatic N) is 1. The minimum atomic E-state index is -0.283. The lowest BCUT2D eigenvalue weighted by Gasteiger charge is -2.25. The summed E-state index contributed by atoms with van der Waals surface area (Å²) >= 11 is 0. The van der Waals surface area contributed by atoms with Crippen molar-refractivity contribution in [1.82, 2.24) is 4.90 Å². The molecule has 3 nitrogen and oxygen atoms in total. The van der Waals surface area contributed by atoms with Gasteiger partial charge in [0.25, 0.3) is 0 Å². The maximum absolute atomic E-state index is 10.2. The van der Waals surface area contributed by atoms with E-state index in [0.717, 1.165) is 31.7 Å². The summed E-state index contributed by atoms with van der Waals surface area (Å²) in [5, 5.41) is 10.2. The fourth-order valence-corrected chi connectivity index (χ4v) is 2.78. The zero-order valence-corrected chi connectivity index (χ0v) is 14.1. The van der Waals surface area contributed by atoms with Crippen molar-refractivity contribution in [3.63, 3.8) is 0 Å². The van der Waals surface area contributed by atoms with Crippen LogP contribution < -0.4 is 4.74 Å². The van der Waals surface area contributed by atoms with Crippen LogP contribution in [0.3, 0.4) is 0 Å². The summed E-state index contributed by atoms with van der Waals surface area (Å²) in [6.07, 6.45) is 1.55. The molecule has 0 aromatic heterocycles. The lowest BCUT2D eigenvalue weighted by Crippen LogP contribution is -2.31. The Morgan fingerprint density at radius 1 is 1.00 bits per heavy atom. The number of hydrogen-bond donors (Lipinski definition) is 1. The highest BCUT2D eigenvalue weighted by Gasteiger charge is 2.13. The summed E-state index contributed by atoms with van der Waals surface area (Å²) in [5.41, 5.74) is 2.46. The third-order valence-electron chi connectivity index (χ3n) is 3.88. The normalized spacial score (nSPS) is 12.3. The molecule has 0 aliphatic carbocycles. The average Bonchev–Trinajstić information content (AvgIpc) is 2.56. The summed E-state index contributed by atoms with van der Waals surface area (Å²) in [7, 11) is 1.69. The first-order chi connectivity index (χ1) is 11.2. The van der Waals surface area contributed by atoms with Gasteiger partial charge in [-0.1, -0.05) is 55.8 Å².